The number of carboxylic acid groups (broad SMARTS) is 1. The van der Waals surface area contributed by atoms with Crippen molar-refractivity contribution in [3.63, 3.8) is 0 Å². The van der Waals surface area contributed by atoms with Gasteiger partial charge in [0.05, 0.1) is 4.83 Å². The first-order valence-corrected chi connectivity index (χ1v) is 6.82. The maximum absolute atomic E-state index is 11.8. The number of alkyl halides is 1. The largest absolute Gasteiger partial charge is 0.480 e. The van der Waals surface area contributed by atoms with E-state index >= 15 is 0 Å². The molecule has 100 valence electrons. The van der Waals surface area contributed by atoms with Crippen molar-refractivity contribution in [3.8, 4) is 0 Å². The summed E-state index contributed by atoms with van der Waals surface area (Å²) >= 11 is 3.28. The number of hydrogen-bond acceptors (Lipinski definition) is 2. The van der Waals surface area contributed by atoms with Gasteiger partial charge in [-0.1, -0.05) is 43.6 Å². The molecule has 2 N–H and O–H groups in total. The number of carbonyl (C=O) groups is 2. The zero-order chi connectivity index (χ0) is 13.6. The Hall–Kier alpha value is -0.580. The molecular weight excluding hydrogens is 286 g/mol. The van der Waals surface area contributed by atoms with Crippen LogP contribution in [0.15, 0.2) is 0 Å². The van der Waals surface area contributed by atoms with Gasteiger partial charge in [-0.05, 0) is 24.7 Å². The van der Waals surface area contributed by atoms with Crippen molar-refractivity contribution >= 4 is 27.8 Å². The first-order chi connectivity index (χ1) is 7.73. The Bertz CT molecular complexity index is 266. The van der Waals surface area contributed by atoms with Crippen LogP contribution < -0.4 is 5.32 Å². The highest BCUT2D eigenvalue weighted by Gasteiger charge is 2.24. The second-order valence-electron chi connectivity index (χ2n) is 5.13. The number of amides is 1. The maximum atomic E-state index is 11.8. The number of carboxylic acids is 1. The van der Waals surface area contributed by atoms with Gasteiger partial charge in [-0.25, -0.2) is 4.79 Å². The summed E-state index contributed by atoms with van der Waals surface area (Å²) in [5.41, 5.74) is 0. The molecule has 0 spiro atoms. The lowest BCUT2D eigenvalue weighted by Gasteiger charge is -2.19. The molecule has 2 atom stereocenters. The van der Waals surface area contributed by atoms with E-state index in [0.717, 1.165) is 0 Å². The normalized spacial score (nSPS) is 14.8. The summed E-state index contributed by atoms with van der Waals surface area (Å²) in [5.74, 6) is -0.600. The van der Waals surface area contributed by atoms with Gasteiger partial charge in [0.25, 0.3) is 0 Å². The van der Waals surface area contributed by atoms with Crippen molar-refractivity contribution in [1.29, 1.82) is 0 Å². The second kappa shape index (κ2) is 7.69. The van der Waals surface area contributed by atoms with Gasteiger partial charge < -0.3 is 10.4 Å². The predicted octanol–water partition coefficient (Wildman–Crippen LogP) is 2.41. The molecule has 1 amide bonds. The molecule has 0 aliphatic heterocycles. The van der Waals surface area contributed by atoms with E-state index < -0.39 is 12.0 Å². The molecule has 0 aromatic carbocycles. The van der Waals surface area contributed by atoms with Crippen LogP contribution in [-0.2, 0) is 9.59 Å². The quantitative estimate of drug-likeness (QED) is 0.710. The first kappa shape index (κ1) is 16.4. The Morgan fingerprint density at radius 2 is 1.59 bits per heavy atom. The number of carbonyl (C=O) groups excluding carboxylic acids is 1. The zero-order valence-corrected chi connectivity index (χ0v) is 12.5. The molecule has 1 unspecified atom stereocenters. The summed E-state index contributed by atoms with van der Waals surface area (Å²) < 4.78 is 0. The molecule has 0 aromatic rings. The summed E-state index contributed by atoms with van der Waals surface area (Å²) in [6.45, 7) is 7.90. The summed E-state index contributed by atoms with van der Waals surface area (Å²) in [6, 6.07) is -0.797. The molecule has 0 saturated carbocycles. The van der Waals surface area contributed by atoms with Gasteiger partial charge >= 0.3 is 5.97 Å². The molecule has 0 aromatic heterocycles. The summed E-state index contributed by atoms with van der Waals surface area (Å²) in [5, 5.41) is 11.6. The fourth-order valence-corrected chi connectivity index (χ4v) is 2.36. The number of hydrogen-bond donors (Lipinski definition) is 2. The summed E-state index contributed by atoms with van der Waals surface area (Å²) in [6.07, 6.45) is 1.14. The number of nitrogens with one attached hydrogen (secondary N) is 1. The number of rotatable bonds is 7. The van der Waals surface area contributed by atoms with E-state index in [1.165, 1.54) is 0 Å². The number of halogens is 1. The molecule has 0 fully saturated rings. The predicted molar refractivity (Wildman–Crippen MR) is 71.2 cm³/mol. The van der Waals surface area contributed by atoms with Crippen molar-refractivity contribution in [3.05, 3.63) is 0 Å². The van der Waals surface area contributed by atoms with Gasteiger partial charge in [-0.3, -0.25) is 4.79 Å². The minimum absolute atomic E-state index is 0.232. The Morgan fingerprint density at radius 1 is 1.12 bits per heavy atom. The van der Waals surface area contributed by atoms with E-state index in [2.05, 4.69) is 21.2 Å². The van der Waals surface area contributed by atoms with E-state index in [0.29, 0.717) is 18.8 Å². The molecule has 0 aliphatic carbocycles. The lowest BCUT2D eigenvalue weighted by molar-refractivity contribution is -0.142. The highest BCUT2D eigenvalue weighted by molar-refractivity contribution is 9.10. The van der Waals surface area contributed by atoms with Gasteiger partial charge in [0, 0.05) is 0 Å². The Balaban J connectivity index is 4.35. The van der Waals surface area contributed by atoms with Gasteiger partial charge in [-0.2, -0.15) is 0 Å². The van der Waals surface area contributed by atoms with Crippen LogP contribution in [0, 0.1) is 11.8 Å². The summed E-state index contributed by atoms with van der Waals surface area (Å²) in [4.78, 5) is 22.4. The van der Waals surface area contributed by atoms with Crippen LogP contribution in [0.1, 0.15) is 40.5 Å². The van der Waals surface area contributed by atoms with Crippen LogP contribution in [0.5, 0.6) is 0 Å². The molecular formula is C12H22BrNO3. The third-order valence-electron chi connectivity index (χ3n) is 2.28. The SMILES string of the molecule is CC(C)CC(Br)C(=O)N[C@@H](CC(C)C)C(=O)O. The minimum atomic E-state index is -0.976. The van der Waals surface area contributed by atoms with Crippen LogP contribution in [0.3, 0.4) is 0 Å². The van der Waals surface area contributed by atoms with Crippen LogP contribution >= 0.6 is 15.9 Å². The van der Waals surface area contributed by atoms with E-state index in [9.17, 15) is 9.59 Å². The molecule has 0 heterocycles. The van der Waals surface area contributed by atoms with E-state index in [-0.39, 0.29) is 16.7 Å². The van der Waals surface area contributed by atoms with Gasteiger partial charge in [0.15, 0.2) is 0 Å². The van der Waals surface area contributed by atoms with Crippen molar-refractivity contribution in [1.82, 2.24) is 5.32 Å². The van der Waals surface area contributed by atoms with Crippen LogP contribution in [-0.4, -0.2) is 27.9 Å². The lowest BCUT2D eigenvalue weighted by atomic mass is 10.0. The van der Waals surface area contributed by atoms with Gasteiger partial charge in [-0.15, -0.1) is 0 Å². The molecule has 0 rings (SSSR count). The molecule has 0 saturated heterocycles. The third-order valence-corrected chi connectivity index (χ3v) is 3.07. The van der Waals surface area contributed by atoms with E-state index in [1.54, 1.807) is 0 Å². The lowest BCUT2D eigenvalue weighted by Crippen LogP contribution is -2.44. The highest BCUT2D eigenvalue weighted by Crippen LogP contribution is 2.14. The molecule has 4 nitrogen and oxygen atoms in total. The van der Waals surface area contributed by atoms with Gasteiger partial charge in [0.2, 0.25) is 5.91 Å². The smallest absolute Gasteiger partial charge is 0.326 e. The average Bonchev–Trinajstić information content (AvgIpc) is 2.14. The molecule has 0 radical (unpaired) electrons. The van der Waals surface area contributed by atoms with E-state index in [1.807, 2.05) is 27.7 Å². The highest BCUT2D eigenvalue weighted by atomic mass is 79.9. The van der Waals surface area contributed by atoms with Crippen LogP contribution in [0.4, 0.5) is 0 Å². The van der Waals surface area contributed by atoms with Crippen LogP contribution in [0.25, 0.3) is 0 Å². The number of aliphatic carboxylic acids is 1. The van der Waals surface area contributed by atoms with Crippen molar-refractivity contribution in [2.24, 2.45) is 11.8 Å². The van der Waals surface area contributed by atoms with Crippen molar-refractivity contribution in [2.75, 3.05) is 0 Å². The minimum Gasteiger partial charge on any atom is -0.480 e. The molecule has 0 aliphatic rings. The van der Waals surface area contributed by atoms with Gasteiger partial charge in [0.1, 0.15) is 6.04 Å². The third kappa shape index (κ3) is 7.36. The fourth-order valence-electron chi connectivity index (χ4n) is 1.48. The standard InChI is InChI=1S/C12H22BrNO3/c1-7(2)5-9(13)11(15)14-10(12(16)17)6-8(3)4/h7-10H,5-6H2,1-4H3,(H,14,15)(H,16,17)/t9?,10-/m0/s1. The van der Waals surface area contributed by atoms with E-state index in [4.69, 9.17) is 5.11 Å². The van der Waals surface area contributed by atoms with Crippen molar-refractivity contribution in [2.45, 2.75) is 51.4 Å². The summed E-state index contributed by atoms with van der Waals surface area (Å²) in [7, 11) is 0. The monoisotopic (exact) mass is 307 g/mol. The van der Waals surface area contributed by atoms with Crippen molar-refractivity contribution < 1.29 is 14.7 Å². The maximum Gasteiger partial charge on any atom is 0.326 e. The van der Waals surface area contributed by atoms with Crippen LogP contribution in [0.2, 0.25) is 0 Å². The Morgan fingerprint density at radius 3 is 1.94 bits per heavy atom. The Labute approximate surface area is 111 Å². The first-order valence-electron chi connectivity index (χ1n) is 5.91. The second-order valence-corrected chi connectivity index (χ2v) is 6.23. The fraction of sp³-hybridized carbons (Fsp3) is 0.833. The topological polar surface area (TPSA) is 66.4 Å². The molecule has 0 bridgehead atoms. The zero-order valence-electron chi connectivity index (χ0n) is 10.9. The molecule has 5 heteroatoms. The Kier molecular flexibility index (Phi) is 7.43. The average molecular weight is 308 g/mol. The molecule has 17 heavy (non-hydrogen) atoms.